The number of anilines is 1. The van der Waals surface area contributed by atoms with Gasteiger partial charge in [0.15, 0.2) is 0 Å². The molecule has 1 amide bonds. The maximum absolute atomic E-state index is 12.3. The maximum atomic E-state index is 12.3. The van der Waals surface area contributed by atoms with Gasteiger partial charge in [-0.05, 0) is 42.0 Å². The summed E-state index contributed by atoms with van der Waals surface area (Å²) in [4.78, 5) is 16.3. The molecule has 0 aliphatic rings. The van der Waals surface area contributed by atoms with E-state index in [0.717, 1.165) is 11.1 Å². The number of carbonyl (C=O) groups is 1. The summed E-state index contributed by atoms with van der Waals surface area (Å²) >= 11 is 0. The van der Waals surface area contributed by atoms with Crippen molar-refractivity contribution in [2.75, 3.05) is 19.5 Å². The van der Waals surface area contributed by atoms with Gasteiger partial charge in [0.05, 0.1) is 14.2 Å². The van der Waals surface area contributed by atoms with Crippen molar-refractivity contribution in [2.45, 2.75) is 6.61 Å². The van der Waals surface area contributed by atoms with Gasteiger partial charge in [-0.25, -0.2) is 0 Å². The molecule has 0 saturated carbocycles. The van der Waals surface area contributed by atoms with E-state index in [4.69, 9.17) is 14.2 Å². The predicted octanol–water partition coefficient (Wildman–Crippen LogP) is 4.33. The Bertz CT molecular complexity index is 965. The van der Waals surface area contributed by atoms with Crippen LogP contribution in [0.3, 0.4) is 0 Å². The first-order valence-electron chi connectivity index (χ1n) is 9.00. The van der Waals surface area contributed by atoms with E-state index in [0.29, 0.717) is 29.5 Å². The Labute approximate surface area is 169 Å². The smallest absolute Gasteiger partial charge is 0.248 e. The third-order valence-corrected chi connectivity index (χ3v) is 4.03. The van der Waals surface area contributed by atoms with Gasteiger partial charge in [0.1, 0.15) is 23.9 Å². The summed E-state index contributed by atoms with van der Waals surface area (Å²) in [6.07, 6.45) is 6.62. The van der Waals surface area contributed by atoms with Gasteiger partial charge >= 0.3 is 0 Å². The van der Waals surface area contributed by atoms with E-state index in [1.165, 1.54) is 6.08 Å². The molecule has 3 aromatic rings. The average molecular weight is 390 g/mol. The van der Waals surface area contributed by atoms with Crippen molar-refractivity contribution in [2.24, 2.45) is 0 Å². The highest BCUT2D eigenvalue weighted by atomic mass is 16.5. The third kappa shape index (κ3) is 6.10. The Morgan fingerprint density at radius 3 is 2.48 bits per heavy atom. The summed E-state index contributed by atoms with van der Waals surface area (Å²) in [6.45, 7) is 0.406. The number of aromatic nitrogens is 1. The van der Waals surface area contributed by atoms with Crippen molar-refractivity contribution in [3.63, 3.8) is 0 Å². The second kappa shape index (κ2) is 9.94. The highest BCUT2D eigenvalue weighted by Crippen LogP contribution is 2.23. The third-order valence-electron chi connectivity index (χ3n) is 4.03. The fourth-order valence-corrected chi connectivity index (χ4v) is 2.60. The summed E-state index contributed by atoms with van der Waals surface area (Å²) in [5.41, 5.74) is 2.41. The molecule has 0 bridgehead atoms. The highest BCUT2D eigenvalue weighted by Gasteiger charge is 2.03. The van der Waals surface area contributed by atoms with Crippen LogP contribution in [-0.4, -0.2) is 25.1 Å². The monoisotopic (exact) mass is 390 g/mol. The van der Waals surface area contributed by atoms with Crippen molar-refractivity contribution in [3.8, 4) is 17.2 Å². The molecule has 1 N–H and O–H groups in total. The molecule has 0 atom stereocenters. The van der Waals surface area contributed by atoms with E-state index < -0.39 is 0 Å². The minimum Gasteiger partial charge on any atom is -0.497 e. The molecule has 1 aromatic heterocycles. The number of nitrogens with zero attached hydrogens (tertiary/aromatic N) is 1. The van der Waals surface area contributed by atoms with Crippen LogP contribution in [0, 0.1) is 0 Å². The Morgan fingerprint density at radius 2 is 1.79 bits per heavy atom. The molecule has 148 valence electrons. The fraction of sp³-hybridized carbons (Fsp3) is 0.130. The predicted molar refractivity (Wildman–Crippen MR) is 112 cm³/mol. The number of rotatable bonds is 8. The Balaban J connectivity index is 1.61. The molecule has 0 unspecified atom stereocenters. The molecule has 1 heterocycles. The zero-order chi connectivity index (χ0) is 20.5. The molecule has 6 heteroatoms. The van der Waals surface area contributed by atoms with Gasteiger partial charge in [-0.1, -0.05) is 12.1 Å². The summed E-state index contributed by atoms with van der Waals surface area (Å²) in [5, 5.41) is 2.83. The first-order valence-corrected chi connectivity index (χ1v) is 9.00. The van der Waals surface area contributed by atoms with Crippen molar-refractivity contribution < 1.29 is 19.0 Å². The van der Waals surface area contributed by atoms with Gasteiger partial charge in [0.25, 0.3) is 0 Å². The lowest BCUT2D eigenvalue weighted by molar-refractivity contribution is -0.111. The molecule has 3 rings (SSSR count). The Kier molecular flexibility index (Phi) is 6.84. The zero-order valence-electron chi connectivity index (χ0n) is 16.3. The number of benzene rings is 2. The lowest BCUT2D eigenvalue weighted by atomic mass is 10.2. The first-order chi connectivity index (χ1) is 14.2. The number of pyridine rings is 1. The molecule has 0 fully saturated rings. The van der Waals surface area contributed by atoms with Gasteiger partial charge in [-0.2, -0.15) is 0 Å². The molecule has 2 aromatic carbocycles. The van der Waals surface area contributed by atoms with Gasteiger partial charge in [-0.3, -0.25) is 9.78 Å². The van der Waals surface area contributed by atoms with Crippen molar-refractivity contribution in [1.29, 1.82) is 0 Å². The van der Waals surface area contributed by atoms with Crippen molar-refractivity contribution in [1.82, 2.24) is 4.98 Å². The van der Waals surface area contributed by atoms with Gasteiger partial charge in [0.2, 0.25) is 5.91 Å². The van der Waals surface area contributed by atoms with Crippen LogP contribution in [0.25, 0.3) is 6.08 Å². The molecule has 0 saturated heterocycles. The van der Waals surface area contributed by atoms with E-state index in [1.807, 2.05) is 36.4 Å². The summed E-state index contributed by atoms with van der Waals surface area (Å²) in [6, 6.07) is 16.5. The number of hydrogen-bond donors (Lipinski definition) is 1. The van der Waals surface area contributed by atoms with Crippen LogP contribution >= 0.6 is 0 Å². The lowest BCUT2D eigenvalue weighted by Gasteiger charge is -2.08. The van der Waals surface area contributed by atoms with E-state index in [1.54, 1.807) is 50.9 Å². The summed E-state index contributed by atoms with van der Waals surface area (Å²) < 4.78 is 16.2. The summed E-state index contributed by atoms with van der Waals surface area (Å²) in [7, 11) is 3.16. The topological polar surface area (TPSA) is 69.7 Å². The van der Waals surface area contributed by atoms with Crippen LogP contribution < -0.4 is 19.5 Å². The molecule has 0 radical (unpaired) electrons. The van der Waals surface area contributed by atoms with Crippen LogP contribution in [0.4, 0.5) is 5.69 Å². The molecular weight excluding hydrogens is 368 g/mol. The fourth-order valence-electron chi connectivity index (χ4n) is 2.60. The molecule has 6 nitrogen and oxygen atoms in total. The van der Waals surface area contributed by atoms with Crippen molar-refractivity contribution >= 4 is 17.7 Å². The van der Waals surface area contributed by atoms with Crippen LogP contribution in [0.1, 0.15) is 11.1 Å². The second-order valence-electron chi connectivity index (χ2n) is 6.15. The number of amides is 1. The number of ether oxygens (including phenoxy) is 3. The molecule has 29 heavy (non-hydrogen) atoms. The molecular formula is C23H22N2O4. The SMILES string of the molecule is COc1cc(/C=C/C(=O)Nc2cccc(OCc3cccnc3)c2)cc(OC)c1. The lowest BCUT2D eigenvalue weighted by Crippen LogP contribution is -2.07. The Hall–Kier alpha value is -3.80. The average Bonchev–Trinajstić information content (AvgIpc) is 2.77. The maximum Gasteiger partial charge on any atom is 0.248 e. The normalized spacial score (nSPS) is 10.6. The van der Waals surface area contributed by atoms with E-state index in [2.05, 4.69) is 10.3 Å². The van der Waals surface area contributed by atoms with Gasteiger partial charge < -0.3 is 19.5 Å². The van der Waals surface area contributed by atoms with Crippen LogP contribution in [-0.2, 0) is 11.4 Å². The van der Waals surface area contributed by atoms with E-state index in [-0.39, 0.29) is 5.91 Å². The highest BCUT2D eigenvalue weighted by molar-refractivity contribution is 6.02. The van der Waals surface area contributed by atoms with E-state index >= 15 is 0 Å². The second-order valence-corrected chi connectivity index (χ2v) is 6.15. The van der Waals surface area contributed by atoms with Crippen molar-refractivity contribution in [3.05, 3.63) is 84.2 Å². The van der Waals surface area contributed by atoms with Gasteiger partial charge in [0, 0.05) is 41.9 Å². The van der Waals surface area contributed by atoms with Crippen LogP contribution in [0.15, 0.2) is 73.1 Å². The minimum atomic E-state index is -0.254. The largest absolute Gasteiger partial charge is 0.497 e. The molecule has 0 aliphatic heterocycles. The molecule has 0 aliphatic carbocycles. The van der Waals surface area contributed by atoms with E-state index in [9.17, 15) is 4.79 Å². The van der Waals surface area contributed by atoms with Crippen LogP contribution in [0.2, 0.25) is 0 Å². The Morgan fingerprint density at radius 1 is 1.00 bits per heavy atom. The quantitative estimate of drug-likeness (QED) is 0.580. The zero-order valence-corrected chi connectivity index (χ0v) is 16.3. The first kappa shape index (κ1) is 19.9. The number of carbonyl (C=O) groups excluding carboxylic acids is 1. The number of nitrogens with one attached hydrogen (secondary N) is 1. The summed E-state index contributed by atoms with van der Waals surface area (Å²) in [5.74, 6) is 1.72. The molecule has 0 spiro atoms. The number of hydrogen-bond acceptors (Lipinski definition) is 5. The standard InChI is InChI=1S/C23H22N2O4/c1-27-21-11-17(12-22(14-21)28-2)8-9-23(26)25-19-6-3-7-20(13-19)29-16-18-5-4-10-24-15-18/h3-15H,16H2,1-2H3,(H,25,26)/b9-8+. The van der Waals surface area contributed by atoms with Crippen LogP contribution in [0.5, 0.6) is 17.2 Å². The number of methoxy groups -OCH3 is 2. The van der Waals surface area contributed by atoms with Gasteiger partial charge in [-0.15, -0.1) is 0 Å². The minimum absolute atomic E-state index is 0.254.